The molecule has 0 spiro atoms. The number of ether oxygens (including phenoxy) is 2. The van der Waals surface area contributed by atoms with Crippen molar-refractivity contribution in [2.24, 2.45) is 0 Å². The molecule has 2 aromatic carbocycles. The summed E-state index contributed by atoms with van der Waals surface area (Å²) in [5.74, 6) is 0.380. The first-order valence-corrected chi connectivity index (χ1v) is 11.3. The summed E-state index contributed by atoms with van der Waals surface area (Å²) in [5.41, 5.74) is 3.68. The zero-order chi connectivity index (χ0) is 24.7. The number of amides is 1. The maximum absolute atomic E-state index is 14.0. The average molecular weight is 486 g/mol. The molecule has 0 saturated heterocycles. The first-order chi connectivity index (χ1) is 16.8. The van der Waals surface area contributed by atoms with Gasteiger partial charge in [-0.2, -0.15) is 18.3 Å². The average Bonchev–Trinajstić information content (AvgIpc) is 3.48. The van der Waals surface area contributed by atoms with E-state index in [1.165, 1.54) is 31.5 Å². The van der Waals surface area contributed by atoms with Gasteiger partial charge in [0.2, 0.25) is 0 Å². The Labute approximate surface area is 200 Å². The van der Waals surface area contributed by atoms with Crippen molar-refractivity contribution in [1.29, 1.82) is 0 Å². The van der Waals surface area contributed by atoms with E-state index in [0.717, 1.165) is 23.9 Å². The number of hydrogen-bond donors (Lipinski definition) is 2. The van der Waals surface area contributed by atoms with Crippen molar-refractivity contribution in [1.82, 2.24) is 9.78 Å². The van der Waals surface area contributed by atoms with Crippen molar-refractivity contribution >= 4 is 17.4 Å². The number of benzene rings is 2. The van der Waals surface area contributed by atoms with E-state index in [1.807, 2.05) is 18.2 Å². The fourth-order valence-electron chi connectivity index (χ4n) is 4.86. The molecule has 0 saturated carbocycles. The van der Waals surface area contributed by atoms with Gasteiger partial charge in [0, 0.05) is 12.1 Å². The molecule has 1 amide bonds. The predicted octanol–water partition coefficient (Wildman–Crippen LogP) is 5.30. The lowest BCUT2D eigenvalue weighted by Crippen LogP contribution is -2.36. The summed E-state index contributed by atoms with van der Waals surface area (Å²) in [7, 11) is 2.95. The van der Waals surface area contributed by atoms with Crippen LogP contribution in [0.4, 0.5) is 24.7 Å². The van der Waals surface area contributed by atoms with Crippen molar-refractivity contribution in [2.75, 3.05) is 24.9 Å². The number of carbonyl (C=O) groups is 1. The minimum absolute atomic E-state index is 0.0250. The smallest absolute Gasteiger partial charge is 0.410 e. The highest BCUT2D eigenvalue weighted by Crippen LogP contribution is 2.45. The number of alkyl halides is 3. The highest BCUT2D eigenvalue weighted by molar-refractivity contribution is 6.07. The van der Waals surface area contributed by atoms with Gasteiger partial charge in [-0.15, -0.1) is 0 Å². The van der Waals surface area contributed by atoms with Crippen LogP contribution in [0.25, 0.3) is 0 Å². The third kappa shape index (κ3) is 4.28. The molecule has 2 heterocycles. The fraction of sp³-hybridized carbons (Fsp3) is 0.360. The normalized spacial score (nSPS) is 18.9. The van der Waals surface area contributed by atoms with Crippen LogP contribution >= 0.6 is 0 Å². The lowest BCUT2D eigenvalue weighted by atomic mass is 9.96. The number of methoxy groups -OCH3 is 2. The van der Waals surface area contributed by atoms with E-state index in [1.54, 1.807) is 18.2 Å². The van der Waals surface area contributed by atoms with Gasteiger partial charge in [-0.25, -0.2) is 4.68 Å². The number of fused-ring (bicyclic) bond motifs is 2. The van der Waals surface area contributed by atoms with E-state index in [0.29, 0.717) is 22.7 Å². The fourth-order valence-corrected chi connectivity index (χ4v) is 4.86. The van der Waals surface area contributed by atoms with Crippen LogP contribution in [0, 0.1) is 0 Å². The van der Waals surface area contributed by atoms with Crippen LogP contribution in [0.3, 0.4) is 0 Å². The number of anilines is 2. The zero-order valence-electron chi connectivity index (χ0n) is 19.3. The second-order valence-corrected chi connectivity index (χ2v) is 8.75. The van der Waals surface area contributed by atoms with Crippen molar-refractivity contribution in [3.05, 3.63) is 64.8 Å². The van der Waals surface area contributed by atoms with Crippen molar-refractivity contribution in [3.8, 4) is 11.5 Å². The van der Waals surface area contributed by atoms with Gasteiger partial charge in [-0.3, -0.25) is 4.79 Å². The van der Waals surface area contributed by atoms with Gasteiger partial charge in [0.15, 0.2) is 17.5 Å². The lowest BCUT2D eigenvalue weighted by molar-refractivity contribution is -0.173. The molecule has 3 aromatic rings. The summed E-state index contributed by atoms with van der Waals surface area (Å²) in [5, 5.41) is 9.86. The quantitative estimate of drug-likeness (QED) is 0.512. The van der Waals surface area contributed by atoms with E-state index in [9.17, 15) is 18.0 Å². The van der Waals surface area contributed by atoms with Crippen molar-refractivity contribution < 1.29 is 27.4 Å². The maximum atomic E-state index is 14.0. The number of rotatable bonds is 5. The largest absolute Gasteiger partial charge is 0.493 e. The molecule has 7 nitrogen and oxygen atoms in total. The maximum Gasteiger partial charge on any atom is 0.410 e. The molecule has 0 bridgehead atoms. The molecule has 10 heteroatoms. The number of aryl methyl sites for hydroxylation is 2. The Morgan fingerprint density at radius 2 is 1.86 bits per heavy atom. The number of halogens is 3. The zero-order valence-corrected chi connectivity index (χ0v) is 19.3. The van der Waals surface area contributed by atoms with Crippen LogP contribution < -0.4 is 20.1 Å². The SMILES string of the molecule is COc1ccc(C2CC(C(F)(F)F)n3ncc(C(=O)Nc4ccc5c(c4)CCC5)c3N2)cc1OC. The Balaban J connectivity index is 1.47. The summed E-state index contributed by atoms with van der Waals surface area (Å²) < 4.78 is 53.5. The summed E-state index contributed by atoms with van der Waals surface area (Å²) in [6, 6.07) is 8.08. The molecule has 2 N–H and O–H groups in total. The minimum Gasteiger partial charge on any atom is -0.493 e. The van der Waals surface area contributed by atoms with E-state index >= 15 is 0 Å². The highest BCUT2D eigenvalue weighted by Gasteiger charge is 2.47. The molecule has 0 fully saturated rings. The number of nitrogens with one attached hydrogen (secondary N) is 2. The third-order valence-corrected chi connectivity index (χ3v) is 6.65. The molecule has 1 aliphatic carbocycles. The number of aromatic nitrogens is 2. The lowest BCUT2D eigenvalue weighted by Gasteiger charge is -2.34. The molecule has 2 unspecified atom stereocenters. The summed E-state index contributed by atoms with van der Waals surface area (Å²) in [4.78, 5) is 13.1. The second kappa shape index (κ2) is 8.83. The van der Waals surface area contributed by atoms with Crippen molar-refractivity contribution in [3.63, 3.8) is 0 Å². The van der Waals surface area contributed by atoms with Gasteiger partial charge in [0.05, 0.1) is 26.5 Å². The van der Waals surface area contributed by atoms with Gasteiger partial charge >= 0.3 is 6.18 Å². The molecule has 2 aliphatic rings. The standard InChI is InChI=1S/C25H25F3N4O3/c1-34-20-9-7-16(11-21(20)35-2)19-12-22(25(26,27)28)32-23(31-19)18(13-29-32)24(33)30-17-8-6-14-4-3-5-15(14)10-17/h6-11,13,19,22,31H,3-5,12H2,1-2H3,(H,30,33). The summed E-state index contributed by atoms with van der Waals surface area (Å²) >= 11 is 0. The molecule has 35 heavy (non-hydrogen) atoms. The molecule has 184 valence electrons. The first-order valence-electron chi connectivity index (χ1n) is 11.3. The first kappa shape index (κ1) is 23.1. The second-order valence-electron chi connectivity index (χ2n) is 8.75. The van der Waals surface area contributed by atoms with Gasteiger partial charge in [0.1, 0.15) is 11.4 Å². The van der Waals surface area contributed by atoms with Crippen molar-refractivity contribution in [2.45, 2.75) is 43.9 Å². The Morgan fingerprint density at radius 3 is 2.60 bits per heavy atom. The Hall–Kier alpha value is -3.69. The molecule has 5 rings (SSSR count). The van der Waals surface area contributed by atoms with Crippen LogP contribution in [0.5, 0.6) is 11.5 Å². The van der Waals surface area contributed by atoms with Crippen LogP contribution in [-0.2, 0) is 12.8 Å². The number of hydrogen-bond acceptors (Lipinski definition) is 5. The van der Waals surface area contributed by atoms with E-state index in [4.69, 9.17) is 9.47 Å². The van der Waals surface area contributed by atoms with E-state index < -0.39 is 24.2 Å². The molecule has 1 aromatic heterocycles. The Morgan fingerprint density at radius 1 is 1.09 bits per heavy atom. The van der Waals surface area contributed by atoms with E-state index in [-0.39, 0.29) is 17.8 Å². The third-order valence-electron chi connectivity index (χ3n) is 6.65. The van der Waals surface area contributed by atoms with Gasteiger partial charge < -0.3 is 20.1 Å². The van der Waals surface area contributed by atoms with E-state index in [2.05, 4.69) is 15.7 Å². The minimum atomic E-state index is -4.55. The molecular weight excluding hydrogens is 461 g/mol. The molecular formula is C25H25F3N4O3. The number of carbonyl (C=O) groups excluding carboxylic acids is 1. The Kier molecular flexibility index (Phi) is 5.82. The van der Waals surface area contributed by atoms with Crippen LogP contribution in [0.15, 0.2) is 42.6 Å². The monoisotopic (exact) mass is 486 g/mol. The summed E-state index contributed by atoms with van der Waals surface area (Å²) in [6.07, 6.45) is -0.625. The Bertz CT molecular complexity index is 1270. The molecule has 1 aliphatic heterocycles. The highest BCUT2D eigenvalue weighted by atomic mass is 19.4. The van der Waals surface area contributed by atoms with Gasteiger partial charge in [0.25, 0.3) is 5.91 Å². The predicted molar refractivity (Wildman–Crippen MR) is 124 cm³/mol. The summed E-state index contributed by atoms with van der Waals surface area (Å²) in [6.45, 7) is 0. The van der Waals surface area contributed by atoms with Crippen LogP contribution in [-0.4, -0.2) is 36.1 Å². The molecule has 2 atom stereocenters. The van der Waals surface area contributed by atoms with Gasteiger partial charge in [-0.05, 0) is 60.2 Å². The molecule has 0 radical (unpaired) electrons. The topological polar surface area (TPSA) is 77.4 Å². The van der Waals surface area contributed by atoms with Crippen LogP contribution in [0.1, 0.15) is 52.0 Å². The van der Waals surface area contributed by atoms with Gasteiger partial charge in [-0.1, -0.05) is 12.1 Å². The van der Waals surface area contributed by atoms with Crippen LogP contribution in [0.2, 0.25) is 0 Å². The number of nitrogens with zero attached hydrogens (tertiary/aromatic N) is 2.